The predicted molar refractivity (Wildman–Crippen MR) is 106 cm³/mol. The maximum atomic E-state index is 12.7. The monoisotopic (exact) mass is 364 g/mol. The number of aromatic nitrogens is 2. The number of hydrogen-bond acceptors (Lipinski definition) is 4. The molecule has 4 rings (SSSR count). The lowest BCUT2D eigenvalue weighted by molar-refractivity contribution is -0.133. The summed E-state index contributed by atoms with van der Waals surface area (Å²) >= 11 is 0. The minimum Gasteiger partial charge on any atom is -0.341 e. The van der Waals surface area contributed by atoms with Crippen LogP contribution >= 0.6 is 0 Å². The van der Waals surface area contributed by atoms with Gasteiger partial charge in [-0.25, -0.2) is 4.98 Å². The van der Waals surface area contributed by atoms with Crippen molar-refractivity contribution in [1.29, 1.82) is 0 Å². The van der Waals surface area contributed by atoms with E-state index in [0.29, 0.717) is 6.54 Å². The Balaban J connectivity index is 1.46. The molecule has 2 saturated heterocycles. The summed E-state index contributed by atoms with van der Waals surface area (Å²) in [5.74, 6) is 0.544. The zero-order chi connectivity index (χ0) is 18.6. The molecule has 0 aliphatic carbocycles. The van der Waals surface area contributed by atoms with Gasteiger partial charge in [-0.15, -0.1) is 0 Å². The molecule has 0 bridgehead atoms. The Hall–Kier alpha value is -2.27. The van der Waals surface area contributed by atoms with Crippen molar-refractivity contribution in [2.24, 2.45) is 0 Å². The molecule has 2 aliphatic heterocycles. The van der Waals surface area contributed by atoms with Crippen molar-refractivity contribution in [1.82, 2.24) is 19.8 Å². The van der Waals surface area contributed by atoms with E-state index in [1.807, 2.05) is 17.3 Å². The molecule has 0 spiro atoms. The highest BCUT2D eigenvalue weighted by atomic mass is 16.2. The van der Waals surface area contributed by atoms with Crippen molar-refractivity contribution in [2.75, 3.05) is 32.7 Å². The molecule has 1 amide bonds. The minimum atomic E-state index is 0.268. The second-order valence-electron chi connectivity index (χ2n) is 7.86. The molecule has 1 atom stereocenters. The van der Waals surface area contributed by atoms with E-state index in [9.17, 15) is 4.79 Å². The number of hydrogen-bond donors (Lipinski definition) is 0. The lowest BCUT2D eigenvalue weighted by atomic mass is 9.94. The molecule has 27 heavy (non-hydrogen) atoms. The molecule has 1 aromatic carbocycles. The van der Waals surface area contributed by atoms with Crippen LogP contribution in [-0.2, 0) is 4.79 Å². The van der Waals surface area contributed by atoms with E-state index in [1.165, 1.54) is 18.4 Å². The number of nitrogens with zero attached hydrogens (tertiary/aromatic N) is 4. The van der Waals surface area contributed by atoms with Gasteiger partial charge in [0.1, 0.15) is 0 Å². The topological polar surface area (TPSA) is 49.3 Å². The fourth-order valence-corrected chi connectivity index (χ4v) is 4.20. The number of rotatable bonds is 4. The number of carbonyl (C=O) groups is 1. The summed E-state index contributed by atoms with van der Waals surface area (Å²) in [6, 6.07) is 8.36. The van der Waals surface area contributed by atoms with Crippen LogP contribution in [0.25, 0.3) is 11.3 Å². The Labute approximate surface area is 161 Å². The maximum absolute atomic E-state index is 12.7. The molecule has 5 nitrogen and oxygen atoms in total. The number of benzene rings is 1. The highest BCUT2D eigenvalue weighted by Gasteiger charge is 2.27. The first-order valence-corrected chi connectivity index (χ1v) is 10.1. The van der Waals surface area contributed by atoms with Crippen LogP contribution in [0.1, 0.15) is 42.9 Å². The van der Waals surface area contributed by atoms with Crippen molar-refractivity contribution in [3.05, 3.63) is 47.9 Å². The van der Waals surface area contributed by atoms with Crippen LogP contribution in [0, 0.1) is 6.92 Å². The molecule has 142 valence electrons. The first-order chi connectivity index (χ1) is 13.2. The van der Waals surface area contributed by atoms with Gasteiger partial charge in [0.2, 0.25) is 5.91 Å². The van der Waals surface area contributed by atoms with Gasteiger partial charge >= 0.3 is 0 Å². The summed E-state index contributed by atoms with van der Waals surface area (Å²) in [4.78, 5) is 26.4. The first kappa shape index (κ1) is 18.1. The van der Waals surface area contributed by atoms with Crippen molar-refractivity contribution in [3.63, 3.8) is 0 Å². The Morgan fingerprint density at radius 1 is 1.15 bits per heavy atom. The zero-order valence-electron chi connectivity index (χ0n) is 16.1. The van der Waals surface area contributed by atoms with Gasteiger partial charge in [-0.1, -0.05) is 23.8 Å². The van der Waals surface area contributed by atoms with Crippen molar-refractivity contribution in [2.45, 2.75) is 38.5 Å². The molecule has 1 aromatic heterocycles. The molecular weight excluding hydrogens is 336 g/mol. The standard InChI is InChI=1S/C22H28N4O/c1-17-6-4-7-18(12-17)20-13-23-14-21(24-20)19-8-5-11-26(15-19)22(27)16-25-9-2-3-10-25/h4,6-7,12-14,19H,2-3,5,8-11,15-16H2,1H3/t19-/m1/s1. The van der Waals surface area contributed by atoms with Crippen LogP contribution in [0.5, 0.6) is 0 Å². The second-order valence-corrected chi connectivity index (χ2v) is 7.86. The van der Waals surface area contributed by atoms with Crippen LogP contribution in [0.3, 0.4) is 0 Å². The summed E-state index contributed by atoms with van der Waals surface area (Å²) in [6.07, 6.45) is 8.25. The summed E-state index contributed by atoms with van der Waals surface area (Å²) in [6.45, 7) is 6.42. The van der Waals surface area contributed by atoms with Gasteiger partial charge in [0, 0.05) is 30.8 Å². The van der Waals surface area contributed by atoms with Crippen LogP contribution in [0.15, 0.2) is 36.7 Å². The summed E-state index contributed by atoms with van der Waals surface area (Å²) in [5.41, 5.74) is 4.24. The van der Waals surface area contributed by atoms with E-state index >= 15 is 0 Å². The molecule has 0 N–H and O–H groups in total. The fourth-order valence-electron chi connectivity index (χ4n) is 4.20. The minimum absolute atomic E-state index is 0.268. The van der Waals surface area contributed by atoms with Gasteiger partial charge in [0.25, 0.3) is 0 Å². The van der Waals surface area contributed by atoms with Crippen LogP contribution in [-0.4, -0.2) is 58.4 Å². The van der Waals surface area contributed by atoms with Gasteiger partial charge in [-0.05, 0) is 51.8 Å². The van der Waals surface area contributed by atoms with Crippen LogP contribution < -0.4 is 0 Å². The lowest BCUT2D eigenvalue weighted by Crippen LogP contribution is -2.44. The first-order valence-electron chi connectivity index (χ1n) is 10.1. The smallest absolute Gasteiger partial charge is 0.236 e. The average Bonchev–Trinajstić information content (AvgIpc) is 3.21. The third kappa shape index (κ3) is 4.35. The van der Waals surface area contributed by atoms with Gasteiger partial charge in [-0.3, -0.25) is 14.7 Å². The van der Waals surface area contributed by atoms with Crippen molar-refractivity contribution in [3.8, 4) is 11.3 Å². The van der Waals surface area contributed by atoms with Crippen LogP contribution in [0.4, 0.5) is 0 Å². The van der Waals surface area contributed by atoms with Gasteiger partial charge < -0.3 is 4.90 Å². The Morgan fingerprint density at radius 3 is 2.81 bits per heavy atom. The van der Waals surface area contributed by atoms with E-state index < -0.39 is 0 Å². The quantitative estimate of drug-likeness (QED) is 0.836. The number of amides is 1. The van der Waals surface area contributed by atoms with E-state index in [0.717, 1.165) is 56.0 Å². The summed E-state index contributed by atoms with van der Waals surface area (Å²) in [5, 5.41) is 0. The highest BCUT2D eigenvalue weighted by Crippen LogP contribution is 2.27. The molecule has 2 fully saturated rings. The van der Waals surface area contributed by atoms with E-state index in [-0.39, 0.29) is 11.8 Å². The molecule has 3 heterocycles. The largest absolute Gasteiger partial charge is 0.341 e. The third-order valence-corrected chi connectivity index (χ3v) is 5.72. The van der Waals surface area contributed by atoms with Gasteiger partial charge in [0.05, 0.1) is 24.1 Å². The number of likely N-dealkylation sites (tertiary alicyclic amines) is 2. The number of piperidine rings is 1. The second kappa shape index (κ2) is 8.17. The number of carbonyl (C=O) groups excluding carboxylic acids is 1. The maximum Gasteiger partial charge on any atom is 0.236 e. The predicted octanol–water partition coefficient (Wildman–Crippen LogP) is 3.25. The van der Waals surface area contributed by atoms with Gasteiger partial charge in [0.15, 0.2) is 0 Å². The zero-order valence-corrected chi connectivity index (χ0v) is 16.1. The molecule has 0 unspecified atom stereocenters. The normalized spacial score (nSPS) is 20.8. The fraction of sp³-hybridized carbons (Fsp3) is 0.500. The summed E-state index contributed by atoms with van der Waals surface area (Å²) in [7, 11) is 0. The van der Waals surface area contributed by atoms with Gasteiger partial charge in [-0.2, -0.15) is 0 Å². The number of aryl methyl sites for hydroxylation is 1. The van der Waals surface area contributed by atoms with Crippen molar-refractivity contribution < 1.29 is 4.79 Å². The highest BCUT2D eigenvalue weighted by molar-refractivity contribution is 5.78. The lowest BCUT2D eigenvalue weighted by Gasteiger charge is -2.33. The Kier molecular flexibility index (Phi) is 5.48. The molecule has 5 heteroatoms. The Bertz CT molecular complexity index is 800. The van der Waals surface area contributed by atoms with Crippen molar-refractivity contribution >= 4 is 5.91 Å². The van der Waals surface area contributed by atoms with E-state index in [2.05, 4.69) is 41.1 Å². The molecule has 0 radical (unpaired) electrons. The third-order valence-electron chi connectivity index (χ3n) is 5.72. The average molecular weight is 364 g/mol. The molecule has 2 aliphatic rings. The molecular formula is C22H28N4O. The van der Waals surface area contributed by atoms with Crippen LogP contribution in [0.2, 0.25) is 0 Å². The van der Waals surface area contributed by atoms with E-state index in [1.54, 1.807) is 0 Å². The summed E-state index contributed by atoms with van der Waals surface area (Å²) < 4.78 is 0. The SMILES string of the molecule is Cc1cccc(-c2cncc([C@@H]3CCCN(C(=O)CN4CCCC4)C3)n2)c1. The van der Waals surface area contributed by atoms with E-state index in [4.69, 9.17) is 4.98 Å². The Morgan fingerprint density at radius 2 is 2.00 bits per heavy atom. The molecule has 2 aromatic rings. The molecule has 0 saturated carbocycles.